The molecule has 0 aromatic carbocycles. The molecule has 0 aromatic heterocycles. The number of rotatable bonds is 5. The molecule has 108 valence electrons. The molecule has 1 aliphatic carbocycles. The standard InChI is InChI=1S/C14H24N2O3/c1-2-3-10-19-14(18)15-12-6-8-16(9-7-12)13(17)11-4-5-11/h11-12H,2-10H2,1H3,(H,15,18). The average Bonchev–Trinajstić information content (AvgIpc) is 3.23. The van der Waals surface area contributed by atoms with E-state index in [4.69, 9.17) is 4.74 Å². The van der Waals surface area contributed by atoms with Crippen molar-refractivity contribution in [3.05, 3.63) is 0 Å². The number of unbranched alkanes of at least 4 members (excludes halogenated alkanes) is 1. The fourth-order valence-electron chi connectivity index (χ4n) is 2.35. The molecule has 1 saturated carbocycles. The van der Waals surface area contributed by atoms with Crippen molar-refractivity contribution in [1.82, 2.24) is 10.2 Å². The van der Waals surface area contributed by atoms with Crippen LogP contribution in [0.1, 0.15) is 45.4 Å². The Morgan fingerprint density at radius 3 is 2.47 bits per heavy atom. The lowest BCUT2D eigenvalue weighted by molar-refractivity contribution is -0.133. The molecule has 0 radical (unpaired) electrons. The summed E-state index contributed by atoms with van der Waals surface area (Å²) in [6.45, 7) is 4.07. The van der Waals surface area contributed by atoms with Gasteiger partial charge in [-0.3, -0.25) is 4.79 Å². The van der Waals surface area contributed by atoms with E-state index in [9.17, 15) is 9.59 Å². The van der Waals surface area contributed by atoms with Crippen molar-refractivity contribution < 1.29 is 14.3 Å². The quantitative estimate of drug-likeness (QED) is 0.775. The van der Waals surface area contributed by atoms with Crippen molar-refractivity contribution in [3.63, 3.8) is 0 Å². The third-order valence-corrected chi connectivity index (χ3v) is 3.79. The van der Waals surface area contributed by atoms with Crippen LogP contribution in [-0.4, -0.2) is 42.6 Å². The number of hydrogen-bond acceptors (Lipinski definition) is 3. The van der Waals surface area contributed by atoms with E-state index in [0.717, 1.165) is 51.6 Å². The summed E-state index contributed by atoms with van der Waals surface area (Å²) < 4.78 is 5.08. The van der Waals surface area contributed by atoms with Gasteiger partial charge in [-0.1, -0.05) is 13.3 Å². The van der Waals surface area contributed by atoms with Crippen molar-refractivity contribution in [2.24, 2.45) is 5.92 Å². The predicted molar refractivity (Wildman–Crippen MR) is 71.7 cm³/mol. The highest BCUT2D eigenvalue weighted by molar-refractivity contribution is 5.81. The maximum Gasteiger partial charge on any atom is 0.407 e. The molecule has 0 atom stereocenters. The molecule has 2 amide bonds. The molecule has 1 aliphatic heterocycles. The van der Waals surface area contributed by atoms with E-state index in [1.807, 2.05) is 4.90 Å². The molecule has 1 N–H and O–H groups in total. The Labute approximate surface area is 114 Å². The molecule has 0 bridgehead atoms. The summed E-state index contributed by atoms with van der Waals surface area (Å²) in [4.78, 5) is 25.3. The molecule has 1 saturated heterocycles. The monoisotopic (exact) mass is 268 g/mol. The zero-order valence-electron chi connectivity index (χ0n) is 11.7. The fourth-order valence-corrected chi connectivity index (χ4v) is 2.35. The van der Waals surface area contributed by atoms with Crippen LogP contribution in [-0.2, 0) is 9.53 Å². The van der Waals surface area contributed by atoms with Gasteiger partial charge in [0.15, 0.2) is 0 Å². The van der Waals surface area contributed by atoms with E-state index < -0.39 is 0 Å². The summed E-state index contributed by atoms with van der Waals surface area (Å²) in [6, 6.07) is 0.150. The number of amides is 2. The first kappa shape index (κ1) is 14.2. The first-order valence-electron chi connectivity index (χ1n) is 7.42. The topological polar surface area (TPSA) is 58.6 Å². The van der Waals surface area contributed by atoms with E-state index in [1.54, 1.807) is 0 Å². The van der Waals surface area contributed by atoms with E-state index in [-0.39, 0.29) is 12.1 Å². The smallest absolute Gasteiger partial charge is 0.407 e. The number of carbonyl (C=O) groups excluding carboxylic acids is 2. The van der Waals surface area contributed by atoms with Crippen LogP contribution < -0.4 is 5.32 Å². The molecule has 5 nitrogen and oxygen atoms in total. The Kier molecular flexibility index (Phi) is 5.05. The number of piperidine rings is 1. The summed E-state index contributed by atoms with van der Waals surface area (Å²) in [6.07, 6.45) is 5.39. The highest BCUT2D eigenvalue weighted by Gasteiger charge is 2.35. The summed E-state index contributed by atoms with van der Waals surface area (Å²) in [5.41, 5.74) is 0. The van der Waals surface area contributed by atoms with Crippen LogP contribution in [0.3, 0.4) is 0 Å². The lowest BCUT2D eigenvalue weighted by Gasteiger charge is -2.32. The summed E-state index contributed by atoms with van der Waals surface area (Å²) in [5.74, 6) is 0.604. The average molecular weight is 268 g/mol. The van der Waals surface area contributed by atoms with Crippen LogP contribution in [0.5, 0.6) is 0 Å². The molecule has 2 aliphatic rings. The van der Waals surface area contributed by atoms with Crippen LogP contribution >= 0.6 is 0 Å². The number of hydrogen-bond donors (Lipinski definition) is 1. The Balaban J connectivity index is 1.62. The van der Waals surface area contributed by atoms with Crippen molar-refractivity contribution in [1.29, 1.82) is 0 Å². The second-order valence-corrected chi connectivity index (χ2v) is 5.51. The Bertz CT molecular complexity index is 321. The number of likely N-dealkylation sites (tertiary alicyclic amines) is 1. The van der Waals surface area contributed by atoms with Crippen molar-refractivity contribution in [2.75, 3.05) is 19.7 Å². The number of alkyl carbamates (subject to hydrolysis) is 1. The maximum atomic E-state index is 11.9. The lowest BCUT2D eigenvalue weighted by Crippen LogP contribution is -2.47. The Morgan fingerprint density at radius 1 is 1.21 bits per heavy atom. The molecule has 2 fully saturated rings. The number of carbonyl (C=O) groups is 2. The van der Waals surface area contributed by atoms with Crippen molar-refractivity contribution in [3.8, 4) is 0 Å². The molecule has 0 unspecified atom stereocenters. The normalized spacial score (nSPS) is 20.2. The molecule has 0 spiro atoms. The summed E-state index contributed by atoms with van der Waals surface area (Å²) in [7, 11) is 0. The van der Waals surface area contributed by atoms with E-state index in [0.29, 0.717) is 18.4 Å². The van der Waals surface area contributed by atoms with Crippen LogP contribution in [0, 0.1) is 5.92 Å². The predicted octanol–water partition coefficient (Wildman–Crippen LogP) is 1.91. The Morgan fingerprint density at radius 2 is 1.89 bits per heavy atom. The zero-order chi connectivity index (χ0) is 13.7. The van der Waals surface area contributed by atoms with Gasteiger partial charge >= 0.3 is 6.09 Å². The summed E-state index contributed by atoms with van der Waals surface area (Å²) in [5, 5.41) is 2.88. The third-order valence-electron chi connectivity index (χ3n) is 3.79. The highest BCUT2D eigenvalue weighted by Crippen LogP contribution is 2.31. The van der Waals surface area contributed by atoms with E-state index >= 15 is 0 Å². The third kappa shape index (κ3) is 4.40. The van der Waals surface area contributed by atoms with Gasteiger partial charge in [0.2, 0.25) is 5.91 Å². The van der Waals surface area contributed by atoms with Crippen LogP contribution in [0.25, 0.3) is 0 Å². The number of ether oxygens (including phenoxy) is 1. The minimum Gasteiger partial charge on any atom is -0.450 e. The van der Waals surface area contributed by atoms with Gasteiger partial charge in [-0.2, -0.15) is 0 Å². The maximum absolute atomic E-state index is 11.9. The van der Waals surface area contributed by atoms with Gasteiger partial charge in [0.1, 0.15) is 0 Å². The van der Waals surface area contributed by atoms with Gasteiger partial charge in [-0.25, -0.2) is 4.79 Å². The zero-order valence-corrected chi connectivity index (χ0v) is 11.7. The largest absolute Gasteiger partial charge is 0.450 e. The fraction of sp³-hybridized carbons (Fsp3) is 0.857. The minimum atomic E-state index is -0.319. The van der Waals surface area contributed by atoms with Gasteiger partial charge in [0, 0.05) is 25.0 Å². The lowest BCUT2D eigenvalue weighted by atomic mass is 10.0. The molecule has 1 heterocycles. The second kappa shape index (κ2) is 6.78. The first-order valence-corrected chi connectivity index (χ1v) is 7.42. The molecule has 5 heteroatoms. The van der Waals surface area contributed by atoms with Crippen molar-refractivity contribution >= 4 is 12.0 Å². The van der Waals surface area contributed by atoms with Gasteiger partial charge in [0.25, 0.3) is 0 Å². The first-order chi connectivity index (χ1) is 9.20. The molecule has 0 aromatic rings. The van der Waals surface area contributed by atoms with E-state index in [2.05, 4.69) is 12.2 Å². The van der Waals surface area contributed by atoms with Crippen LogP contribution in [0.15, 0.2) is 0 Å². The van der Waals surface area contributed by atoms with Gasteiger partial charge in [0.05, 0.1) is 6.61 Å². The minimum absolute atomic E-state index is 0.150. The number of nitrogens with zero attached hydrogens (tertiary/aromatic N) is 1. The van der Waals surface area contributed by atoms with Crippen LogP contribution in [0.2, 0.25) is 0 Å². The Hall–Kier alpha value is -1.26. The molecule has 19 heavy (non-hydrogen) atoms. The van der Waals surface area contributed by atoms with E-state index in [1.165, 1.54) is 0 Å². The van der Waals surface area contributed by atoms with Gasteiger partial charge in [-0.05, 0) is 32.1 Å². The number of nitrogens with one attached hydrogen (secondary N) is 1. The molecule has 2 rings (SSSR count). The molecular weight excluding hydrogens is 244 g/mol. The summed E-state index contributed by atoms with van der Waals surface area (Å²) >= 11 is 0. The second-order valence-electron chi connectivity index (χ2n) is 5.51. The van der Waals surface area contributed by atoms with Crippen LogP contribution in [0.4, 0.5) is 4.79 Å². The highest BCUT2D eigenvalue weighted by atomic mass is 16.5. The van der Waals surface area contributed by atoms with Crippen molar-refractivity contribution in [2.45, 2.75) is 51.5 Å². The molecular formula is C14H24N2O3. The van der Waals surface area contributed by atoms with Gasteiger partial charge < -0.3 is 15.0 Å². The SMILES string of the molecule is CCCCOC(=O)NC1CCN(C(=O)C2CC2)CC1. The van der Waals surface area contributed by atoms with Gasteiger partial charge in [-0.15, -0.1) is 0 Å².